The summed E-state index contributed by atoms with van der Waals surface area (Å²) in [6, 6.07) is 41.3. The molecule has 0 radical (unpaired) electrons. The van der Waals surface area contributed by atoms with E-state index < -0.39 is 5.41 Å². The molecule has 236 valence electrons. The number of para-hydroxylation sites is 1. The zero-order valence-corrected chi connectivity index (χ0v) is 26.8. The minimum absolute atomic E-state index is 0.0558. The van der Waals surface area contributed by atoms with E-state index in [9.17, 15) is 5.26 Å². The number of hydrogen-bond acceptors (Lipinski definition) is 6. The van der Waals surface area contributed by atoms with Gasteiger partial charge in [-0.3, -0.25) is 0 Å². The summed E-state index contributed by atoms with van der Waals surface area (Å²) in [5.74, 6) is 1.42. The van der Waals surface area contributed by atoms with Crippen molar-refractivity contribution in [2.24, 2.45) is 0 Å². The van der Waals surface area contributed by atoms with E-state index in [4.69, 9.17) is 25.5 Å². The van der Waals surface area contributed by atoms with E-state index >= 15 is 0 Å². The number of anilines is 3. The minimum Gasteiger partial charge on any atom is -0.491 e. The molecule has 0 amide bonds. The van der Waals surface area contributed by atoms with Gasteiger partial charge in [-0.25, -0.2) is 10.1 Å². The average Bonchev–Trinajstić information content (AvgIpc) is 3.14. The number of nitrogens with zero attached hydrogens (tertiary/aromatic N) is 3. The predicted molar refractivity (Wildman–Crippen MR) is 186 cm³/mol. The molecule has 5 aromatic rings. The molecule has 0 saturated heterocycles. The van der Waals surface area contributed by atoms with Crippen molar-refractivity contribution in [1.29, 1.82) is 5.26 Å². The molecule has 7 rings (SSSR count). The number of nitriles is 1. The molecule has 0 atom stereocenters. The van der Waals surface area contributed by atoms with Crippen LogP contribution in [0.5, 0.6) is 11.5 Å². The van der Waals surface area contributed by atoms with Gasteiger partial charge in [0.1, 0.15) is 24.7 Å². The molecule has 0 bridgehead atoms. The minimum atomic E-state index is -0.878. The molecule has 0 aromatic heterocycles. The van der Waals surface area contributed by atoms with Crippen LogP contribution in [0.3, 0.4) is 0 Å². The third-order valence-corrected chi connectivity index (χ3v) is 9.01. The second-order valence-corrected chi connectivity index (χ2v) is 11.5. The summed E-state index contributed by atoms with van der Waals surface area (Å²) in [5, 5.41) is 10.2. The van der Waals surface area contributed by atoms with Gasteiger partial charge in [0.25, 0.3) is 5.70 Å². The van der Waals surface area contributed by atoms with Gasteiger partial charge < -0.3 is 23.8 Å². The lowest BCUT2D eigenvalue weighted by molar-refractivity contribution is 0.146. The third-order valence-electron chi connectivity index (χ3n) is 9.01. The molecule has 7 nitrogen and oxygen atoms in total. The van der Waals surface area contributed by atoms with Gasteiger partial charge in [-0.2, -0.15) is 0 Å². The van der Waals surface area contributed by atoms with Crippen LogP contribution in [0.25, 0.3) is 10.4 Å². The zero-order valence-electron chi connectivity index (χ0n) is 26.8. The lowest BCUT2D eigenvalue weighted by Crippen LogP contribution is -2.41. The molecule has 7 heteroatoms. The predicted octanol–water partition coefficient (Wildman–Crippen LogP) is 8.42. The van der Waals surface area contributed by atoms with E-state index in [1.54, 1.807) is 14.2 Å². The van der Waals surface area contributed by atoms with Gasteiger partial charge in [-0.1, -0.05) is 66.7 Å². The van der Waals surface area contributed by atoms with Crippen LogP contribution in [0.15, 0.2) is 121 Å². The SMILES string of the molecule is [C-]#[N+]C(C#N)=C1c2ccccc2C2(c3ccccc31)c1cc(OCCOC)ccc1N(c1ccccc1)c1ccc(OCCOC)cc12. The van der Waals surface area contributed by atoms with Crippen LogP contribution < -0.4 is 14.4 Å². The Balaban J connectivity index is 1.64. The first-order valence-electron chi connectivity index (χ1n) is 15.8. The van der Waals surface area contributed by atoms with Crippen LogP contribution in [0, 0.1) is 17.9 Å². The van der Waals surface area contributed by atoms with Gasteiger partial charge in [0.05, 0.1) is 42.6 Å². The summed E-state index contributed by atoms with van der Waals surface area (Å²) in [6.45, 7) is 9.68. The van der Waals surface area contributed by atoms with Crippen LogP contribution in [-0.4, -0.2) is 40.6 Å². The fraction of sp³-hybridized carbons (Fsp3) is 0.171. The maximum Gasteiger partial charge on any atom is 0.270 e. The summed E-state index contributed by atoms with van der Waals surface area (Å²) in [5.41, 5.74) is 8.42. The normalized spacial score (nSPS) is 13.3. The molecular weight excluding hydrogens is 598 g/mol. The van der Waals surface area contributed by atoms with E-state index in [1.165, 1.54) is 0 Å². The number of allylic oxidation sites excluding steroid dienone is 1. The molecule has 1 spiro atoms. The Morgan fingerprint density at radius 1 is 0.667 bits per heavy atom. The Bertz CT molecular complexity index is 1980. The number of ether oxygens (including phenoxy) is 4. The lowest BCUT2D eigenvalue weighted by atomic mass is 9.56. The first-order valence-corrected chi connectivity index (χ1v) is 15.8. The van der Waals surface area contributed by atoms with Crippen LogP contribution in [0.1, 0.15) is 33.4 Å². The van der Waals surface area contributed by atoms with Crippen LogP contribution in [0.2, 0.25) is 0 Å². The second kappa shape index (κ2) is 13.1. The number of benzene rings is 5. The maximum atomic E-state index is 10.2. The van der Waals surface area contributed by atoms with E-state index in [2.05, 4.69) is 64.3 Å². The van der Waals surface area contributed by atoms with Gasteiger partial charge in [0, 0.05) is 25.5 Å². The van der Waals surface area contributed by atoms with Gasteiger partial charge in [0.2, 0.25) is 0 Å². The van der Waals surface area contributed by atoms with Crippen molar-refractivity contribution in [2.75, 3.05) is 45.5 Å². The highest BCUT2D eigenvalue weighted by atomic mass is 16.5. The number of rotatable bonds is 9. The highest BCUT2D eigenvalue weighted by molar-refractivity contribution is 5.98. The van der Waals surface area contributed by atoms with Gasteiger partial charge in [-0.05, 0) is 81.9 Å². The molecular formula is C41H33N3O4. The third kappa shape index (κ3) is 4.89. The van der Waals surface area contributed by atoms with Gasteiger partial charge in [-0.15, -0.1) is 0 Å². The number of hydrogen-bond donors (Lipinski definition) is 0. The van der Waals surface area contributed by atoms with E-state index in [-0.39, 0.29) is 5.70 Å². The topological polar surface area (TPSA) is 68.3 Å². The molecule has 0 saturated carbocycles. The molecule has 2 aliphatic rings. The second-order valence-electron chi connectivity index (χ2n) is 11.5. The monoisotopic (exact) mass is 631 g/mol. The molecule has 0 fully saturated rings. The Morgan fingerprint density at radius 3 is 1.65 bits per heavy atom. The van der Waals surface area contributed by atoms with Crippen molar-refractivity contribution in [3.63, 3.8) is 0 Å². The molecule has 0 unspecified atom stereocenters. The maximum absolute atomic E-state index is 10.2. The first kappa shape index (κ1) is 30.8. The van der Waals surface area contributed by atoms with Crippen molar-refractivity contribution in [2.45, 2.75) is 5.41 Å². The Labute approximate surface area is 280 Å². The standard InChI is InChI=1S/C41H33N3O4/c1-43-37(27-42)40-31-13-7-9-15-33(31)41(34-16-10-8-14-32(34)40)35-25-29(47-23-21-45-2)17-19-38(35)44(28-11-5-4-6-12-28)39-20-18-30(26-36(39)41)48-24-22-46-3/h4-20,25-26H,21-24H2,2-3H3. The fourth-order valence-corrected chi connectivity index (χ4v) is 7.14. The Kier molecular flexibility index (Phi) is 8.40. The molecule has 48 heavy (non-hydrogen) atoms. The van der Waals surface area contributed by atoms with Crippen molar-refractivity contribution in [3.8, 4) is 17.6 Å². The number of methoxy groups -OCH3 is 2. The average molecular weight is 632 g/mol. The fourth-order valence-electron chi connectivity index (χ4n) is 7.14. The highest BCUT2D eigenvalue weighted by Gasteiger charge is 2.51. The summed E-state index contributed by atoms with van der Waals surface area (Å²) in [4.78, 5) is 5.99. The van der Waals surface area contributed by atoms with E-state index in [0.717, 1.165) is 50.4 Å². The van der Waals surface area contributed by atoms with Crippen molar-refractivity contribution in [3.05, 3.63) is 166 Å². The van der Waals surface area contributed by atoms with Crippen molar-refractivity contribution in [1.82, 2.24) is 0 Å². The van der Waals surface area contributed by atoms with Crippen LogP contribution in [0.4, 0.5) is 17.1 Å². The first-order chi connectivity index (χ1) is 23.7. The number of fused-ring (bicyclic) bond motifs is 8. The molecule has 0 N–H and O–H groups in total. The zero-order chi connectivity index (χ0) is 33.1. The molecule has 5 aromatic carbocycles. The van der Waals surface area contributed by atoms with Gasteiger partial charge >= 0.3 is 0 Å². The molecule has 1 aliphatic heterocycles. The van der Waals surface area contributed by atoms with E-state index in [0.29, 0.717) is 43.5 Å². The summed E-state index contributed by atoms with van der Waals surface area (Å²) in [7, 11) is 3.32. The largest absolute Gasteiger partial charge is 0.491 e. The smallest absolute Gasteiger partial charge is 0.270 e. The molecule has 1 aliphatic carbocycles. The molecule has 1 heterocycles. The van der Waals surface area contributed by atoms with Crippen LogP contribution in [-0.2, 0) is 14.9 Å². The summed E-state index contributed by atoms with van der Waals surface area (Å²) in [6.07, 6.45) is 0. The van der Waals surface area contributed by atoms with Crippen molar-refractivity contribution < 1.29 is 18.9 Å². The Hall–Kier alpha value is -5.86. The van der Waals surface area contributed by atoms with Gasteiger partial charge in [0.15, 0.2) is 0 Å². The summed E-state index contributed by atoms with van der Waals surface area (Å²) >= 11 is 0. The van der Waals surface area contributed by atoms with Crippen LogP contribution >= 0.6 is 0 Å². The highest BCUT2D eigenvalue weighted by Crippen LogP contribution is 2.62. The van der Waals surface area contributed by atoms with Crippen molar-refractivity contribution >= 4 is 22.6 Å². The quantitative estimate of drug-likeness (QED) is 0.0905. The Morgan fingerprint density at radius 2 is 1.17 bits per heavy atom. The lowest BCUT2D eigenvalue weighted by Gasteiger charge is -2.49. The van der Waals surface area contributed by atoms with E-state index in [1.807, 2.05) is 66.7 Å². The summed E-state index contributed by atoms with van der Waals surface area (Å²) < 4.78 is 23.1.